The maximum Gasteiger partial charge on any atom is 0.326 e. The maximum absolute atomic E-state index is 12.7. The van der Waals surface area contributed by atoms with Gasteiger partial charge in [-0.1, -0.05) is 18.2 Å². The standard InChI is InChI=1S/C18H20N2O2/c1-12-5-4-6-15(9-12)19-18(21)20-11-14(3)22-17-8-7-13(2)10-16(17)20/h4-10,14H,11H2,1-3H3,(H,19,21)/t14-/m0/s1. The van der Waals surface area contributed by atoms with Crippen LogP contribution in [0.3, 0.4) is 0 Å². The zero-order chi connectivity index (χ0) is 15.7. The molecular weight excluding hydrogens is 276 g/mol. The molecule has 0 radical (unpaired) electrons. The van der Waals surface area contributed by atoms with Gasteiger partial charge in [0.05, 0.1) is 12.2 Å². The minimum absolute atomic E-state index is 0.0292. The normalized spacial score (nSPS) is 16.7. The van der Waals surface area contributed by atoms with Crippen molar-refractivity contribution in [2.45, 2.75) is 26.9 Å². The number of nitrogens with zero attached hydrogens (tertiary/aromatic N) is 1. The monoisotopic (exact) mass is 296 g/mol. The molecule has 1 N–H and O–H groups in total. The molecule has 3 rings (SSSR count). The van der Waals surface area contributed by atoms with Gasteiger partial charge >= 0.3 is 6.03 Å². The first-order valence-corrected chi connectivity index (χ1v) is 7.45. The third-order valence-electron chi connectivity index (χ3n) is 3.69. The van der Waals surface area contributed by atoms with Crippen molar-refractivity contribution >= 4 is 17.4 Å². The molecule has 2 aromatic rings. The molecular formula is C18H20N2O2. The summed E-state index contributed by atoms with van der Waals surface area (Å²) in [7, 11) is 0. The van der Waals surface area contributed by atoms with Crippen LogP contribution in [-0.4, -0.2) is 18.7 Å². The molecule has 0 bridgehead atoms. The number of amides is 2. The molecule has 0 aliphatic carbocycles. The summed E-state index contributed by atoms with van der Waals surface area (Å²) in [5, 5.41) is 2.96. The van der Waals surface area contributed by atoms with E-state index >= 15 is 0 Å². The van der Waals surface area contributed by atoms with Gasteiger partial charge in [0.2, 0.25) is 0 Å². The Morgan fingerprint density at radius 1 is 1.18 bits per heavy atom. The molecule has 22 heavy (non-hydrogen) atoms. The zero-order valence-electron chi connectivity index (χ0n) is 13.1. The van der Waals surface area contributed by atoms with Gasteiger partial charge in [-0.2, -0.15) is 0 Å². The van der Waals surface area contributed by atoms with Crippen LogP contribution in [0.5, 0.6) is 5.75 Å². The molecule has 0 saturated heterocycles. The summed E-state index contributed by atoms with van der Waals surface area (Å²) in [6.45, 7) is 6.52. The Bertz CT molecular complexity index is 712. The van der Waals surface area contributed by atoms with Crippen LogP contribution in [0.25, 0.3) is 0 Å². The average Bonchev–Trinajstić information content (AvgIpc) is 2.47. The van der Waals surface area contributed by atoms with Crippen molar-refractivity contribution in [2.75, 3.05) is 16.8 Å². The quantitative estimate of drug-likeness (QED) is 0.860. The van der Waals surface area contributed by atoms with E-state index in [9.17, 15) is 4.79 Å². The molecule has 1 atom stereocenters. The van der Waals surface area contributed by atoms with Crippen molar-refractivity contribution in [1.82, 2.24) is 0 Å². The van der Waals surface area contributed by atoms with Crippen LogP contribution >= 0.6 is 0 Å². The Morgan fingerprint density at radius 3 is 2.73 bits per heavy atom. The summed E-state index contributed by atoms with van der Waals surface area (Å²) in [4.78, 5) is 14.4. The summed E-state index contributed by atoms with van der Waals surface area (Å²) >= 11 is 0. The number of aryl methyl sites for hydroxylation is 2. The average molecular weight is 296 g/mol. The van der Waals surface area contributed by atoms with Crippen LogP contribution in [-0.2, 0) is 0 Å². The number of nitrogens with one attached hydrogen (secondary N) is 1. The number of hydrogen-bond acceptors (Lipinski definition) is 2. The van der Waals surface area contributed by atoms with E-state index in [1.165, 1.54) is 0 Å². The molecule has 0 spiro atoms. The van der Waals surface area contributed by atoms with Crippen molar-refractivity contribution in [3.63, 3.8) is 0 Å². The Labute approximate surface area is 130 Å². The first kappa shape index (κ1) is 14.4. The van der Waals surface area contributed by atoms with Crippen LogP contribution in [0.1, 0.15) is 18.1 Å². The number of fused-ring (bicyclic) bond motifs is 1. The van der Waals surface area contributed by atoms with E-state index < -0.39 is 0 Å². The molecule has 2 aromatic carbocycles. The summed E-state index contributed by atoms with van der Waals surface area (Å²) in [6.07, 6.45) is -0.0292. The van der Waals surface area contributed by atoms with E-state index in [2.05, 4.69) is 5.32 Å². The van der Waals surface area contributed by atoms with Crippen molar-refractivity contribution in [3.05, 3.63) is 53.6 Å². The molecule has 2 amide bonds. The van der Waals surface area contributed by atoms with Crippen LogP contribution < -0.4 is 15.0 Å². The largest absolute Gasteiger partial charge is 0.487 e. The molecule has 4 nitrogen and oxygen atoms in total. The third kappa shape index (κ3) is 2.91. The molecule has 1 aliphatic rings. The predicted molar refractivity (Wildman–Crippen MR) is 88.8 cm³/mol. The number of benzene rings is 2. The van der Waals surface area contributed by atoms with Gasteiger partial charge in [-0.3, -0.25) is 4.90 Å². The van der Waals surface area contributed by atoms with Gasteiger partial charge in [0.1, 0.15) is 11.9 Å². The number of urea groups is 1. The lowest BCUT2D eigenvalue weighted by atomic mass is 10.1. The van der Waals surface area contributed by atoms with E-state index in [-0.39, 0.29) is 12.1 Å². The Morgan fingerprint density at radius 2 is 1.95 bits per heavy atom. The number of rotatable bonds is 1. The lowest BCUT2D eigenvalue weighted by molar-refractivity contribution is 0.208. The Balaban J connectivity index is 1.88. The minimum atomic E-state index is -0.132. The molecule has 0 aromatic heterocycles. The maximum atomic E-state index is 12.7. The van der Waals surface area contributed by atoms with Gasteiger partial charge in [0, 0.05) is 5.69 Å². The van der Waals surface area contributed by atoms with E-state index in [1.54, 1.807) is 4.90 Å². The van der Waals surface area contributed by atoms with Crippen molar-refractivity contribution in [2.24, 2.45) is 0 Å². The first-order valence-electron chi connectivity index (χ1n) is 7.45. The lowest BCUT2D eigenvalue weighted by Crippen LogP contribution is -2.44. The molecule has 1 heterocycles. The highest BCUT2D eigenvalue weighted by Crippen LogP contribution is 2.34. The van der Waals surface area contributed by atoms with Crippen LogP contribution in [0, 0.1) is 13.8 Å². The van der Waals surface area contributed by atoms with Crippen LogP contribution in [0.15, 0.2) is 42.5 Å². The van der Waals surface area contributed by atoms with Crippen molar-refractivity contribution in [1.29, 1.82) is 0 Å². The third-order valence-corrected chi connectivity index (χ3v) is 3.69. The van der Waals surface area contributed by atoms with Gasteiger partial charge in [-0.15, -0.1) is 0 Å². The molecule has 4 heteroatoms. The van der Waals surface area contributed by atoms with E-state index in [1.807, 2.05) is 63.2 Å². The number of ether oxygens (including phenoxy) is 1. The Kier molecular flexibility index (Phi) is 3.75. The van der Waals surface area contributed by atoms with Crippen LogP contribution in [0.2, 0.25) is 0 Å². The predicted octanol–water partition coefficient (Wildman–Crippen LogP) is 4.12. The summed E-state index contributed by atoms with van der Waals surface area (Å²) in [5.74, 6) is 0.753. The molecule has 0 fully saturated rings. The zero-order valence-corrected chi connectivity index (χ0v) is 13.1. The van der Waals surface area contributed by atoms with Gasteiger partial charge < -0.3 is 10.1 Å². The fourth-order valence-electron chi connectivity index (χ4n) is 2.65. The van der Waals surface area contributed by atoms with Gasteiger partial charge in [-0.25, -0.2) is 4.79 Å². The summed E-state index contributed by atoms with van der Waals surface area (Å²) in [5.41, 5.74) is 3.84. The first-order chi connectivity index (χ1) is 10.5. The highest BCUT2D eigenvalue weighted by atomic mass is 16.5. The smallest absolute Gasteiger partial charge is 0.326 e. The van der Waals surface area contributed by atoms with Gasteiger partial charge in [0.15, 0.2) is 0 Å². The second kappa shape index (κ2) is 5.72. The second-order valence-corrected chi connectivity index (χ2v) is 5.81. The lowest BCUT2D eigenvalue weighted by Gasteiger charge is -2.33. The molecule has 0 unspecified atom stereocenters. The Hall–Kier alpha value is -2.49. The highest BCUT2D eigenvalue weighted by molar-refractivity contribution is 6.03. The second-order valence-electron chi connectivity index (χ2n) is 5.81. The van der Waals surface area contributed by atoms with Gasteiger partial charge in [0.25, 0.3) is 0 Å². The van der Waals surface area contributed by atoms with Gasteiger partial charge in [-0.05, 0) is 56.2 Å². The molecule has 0 saturated carbocycles. The van der Waals surface area contributed by atoms with Crippen LogP contribution in [0.4, 0.5) is 16.2 Å². The number of anilines is 2. The van der Waals surface area contributed by atoms with Crippen molar-refractivity contribution in [3.8, 4) is 5.75 Å². The molecule has 1 aliphatic heterocycles. The number of carbonyl (C=O) groups is 1. The highest BCUT2D eigenvalue weighted by Gasteiger charge is 2.27. The van der Waals surface area contributed by atoms with E-state index in [0.717, 1.165) is 28.3 Å². The minimum Gasteiger partial charge on any atom is -0.487 e. The summed E-state index contributed by atoms with van der Waals surface area (Å²) < 4.78 is 5.81. The number of hydrogen-bond donors (Lipinski definition) is 1. The van der Waals surface area contributed by atoms with E-state index in [0.29, 0.717) is 6.54 Å². The topological polar surface area (TPSA) is 41.6 Å². The SMILES string of the molecule is Cc1cccc(NC(=O)N2C[C@H](C)Oc3ccc(C)cc32)c1. The summed E-state index contributed by atoms with van der Waals surface area (Å²) in [6, 6.07) is 13.6. The molecule has 114 valence electrons. The van der Waals surface area contributed by atoms with Crippen molar-refractivity contribution < 1.29 is 9.53 Å². The fraction of sp³-hybridized carbons (Fsp3) is 0.278. The number of carbonyl (C=O) groups excluding carboxylic acids is 1. The van der Waals surface area contributed by atoms with E-state index in [4.69, 9.17) is 4.74 Å². The fourth-order valence-corrected chi connectivity index (χ4v) is 2.65.